The van der Waals surface area contributed by atoms with Crippen LogP contribution in [0.1, 0.15) is 37.2 Å². The lowest BCUT2D eigenvalue weighted by Crippen LogP contribution is -2.34. The second kappa shape index (κ2) is 7.36. The molecule has 0 aromatic carbocycles. The summed E-state index contributed by atoms with van der Waals surface area (Å²) in [4.78, 5) is 15.1. The van der Waals surface area contributed by atoms with Crippen molar-refractivity contribution in [2.75, 3.05) is 26.2 Å². The van der Waals surface area contributed by atoms with E-state index in [1.54, 1.807) is 11.3 Å². The highest BCUT2D eigenvalue weighted by Gasteiger charge is 2.19. The fraction of sp³-hybridized carbons (Fsp3) is 0.588. The van der Waals surface area contributed by atoms with E-state index in [-0.39, 0.29) is 5.91 Å². The molecule has 3 rings (SSSR count). The SMILES string of the molecule is CC(C)Cn1c(C(=O)NCCN2CCCC2)cc2scc(Br)c21. The van der Waals surface area contributed by atoms with Crippen molar-refractivity contribution >= 4 is 43.4 Å². The lowest BCUT2D eigenvalue weighted by Gasteiger charge is -2.16. The van der Waals surface area contributed by atoms with E-state index in [4.69, 9.17) is 0 Å². The van der Waals surface area contributed by atoms with Crippen LogP contribution in [0.4, 0.5) is 0 Å². The highest BCUT2D eigenvalue weighted by Crippen LogP contribution is 2.33. The maximum atomic E-state index is 12.6. The Labute approximate surface area is 150 Å². The topological polar surface area (TPSA) is 37.3 Å². The highest BCUT2D eigenvalue weighted by atomic mass is 79.9. The van der Waals surface area contributed by atoms with Gasteiger partial charge in [0.1, 0.15) is 5.69 Å². The van der Waals surface area contributed by atoms with Gasteiger partial charge in [0.25, 0.3) is 5.91 Å². The van der Waals surface area contributed by atoms with Crippen LogP contribution in [0.15, 0.2) is 15.9 Å². The Hall–Kier alpha value is -0.850. The fourth-order valence-electron chi connectivity index (χ4n) is 3.20. The molecule has 0 bridgehead atoms. The first kappa shape index (κ1) is 17.0. The summed E-state index contributed by atoms with van der Waals surface area (Å²) in [7, 11) is 0. The van der Waals surface area contributed by atoms with Crippen molar-refractivity contribution in [3.05, 3.63) is 21.6 Å². The van der Waals surface area contributed by atoms with Crippen LogP contribution in [-0.2, 0) is 6.54 Å². The number of aromatic nitrogens is 1. The molecule has 0 unspecified atom stereocenters. The third kappa shape index (κ3) is 3.80. The summed E-state index contributed by atoms with van der Waals surface area (Å²) in [5.74, 6) is 0.536. The van der Waals surface area contributed by atoms with Crippen LogP contribution < -0.4 is 5.32 Å². The van der Waals surface area contributed by atoms with Gasteiger partial charge in [-0.25, -0.2) is 0 Å². The molecule has 4 nitrogen and oxygen atoms in total. The van der Waals surface area contributed by atoms with Crippen molar-refractivity contribution in [3.8, 4) is 0 Å². The number of carbonyl (C=O) groups excluding carboxylic acids is 1. The highest BCUT2D eigenvalue weighted by molar-refractivity contribution is 9.10. The van der Waals surface area contributed by atoms with E-state index in [1.165, 1.54) is 30.6 Å². The zero-order valence-corrected chi connectivity index (χ0v) is 16.2. The number of hydrogen-bond acceptors (Lipinski definition) is 3. The Bertz CT molecular complexity index is 685. The monoisotopic (exact) mass is 397 g/mol. The van der Waals surface area contributed by atoms with E-state index >= 15 is 0 Å². The lowest BCUT2D eigenvalue weighted by molar-refractivity contribution is 0.0940. The van der Waals surface area contributed by atoms with Gasteiger partial charge >= 0.3 is 0 Å². The Morgan fingerprint density at radius 3 is 2.83 bits per heavy atom. The van der Waals surface area contributed by atoms with Gasteiger partial charge in [-0.15, -0.1) is 11.3 Å². The standard InChI is InChI=1S/C17H24BrN3OS/c1-12(2)10-21-14(9-15-16(21)13(18)11-23-15)17(22)19-5-8-20-6-3-4-7-20/h9,11-12H,3-8,10H2,1-2H3,(H,19,22). The van der Waals surface area contributed by atoms with Crippen molar-refractivity contribution < 1.29 is 4.79 Å². The number of halogens is 1. The lowest BCUT2D eigenvalue weighted by atomic mass is 10.2. The number of hydrogen-bond donors (Lipinski definition) is 1. The maximum Gasteiger partial charge on any atom is 0.268 e. The van der Waals surface area contributed by atoms with Crippen LogP contribution >= 0.6 is 27.3 Å². The van der Waals surface area contributed by atoms with Gasteiger partial charge in [0, 0.05) is 25.0 Å². The van der Waals surface area contributed by atoms with Gasteiger partial charge in [0.2, 0.25) is 0 Å². The van der Waals surface area contributed by atoms with Gasteiger partial charge in [0.05, 0.1) is 14.7 Å². The molecule has 2 aromatic heterocycles. The fourth-order valence-corrected chi connectivity index (χ4v) is 4.89. The average molecular weight is 398 g/mol. The minimum atomic E-state index is 0.0418. The molecule has 6 heteroatoms. The molecule has 1 fully saturated rings. The molecule has 23 heavy (non-hydrogen) atoms. The van der Waals surface area contributed by atoms with Crippen LogP contribution in [0, 0.1) is 5.92 Å². The molecule has 1 amide bonds. The van der Waals surface area contributed by atoms with Crippen molar-refractivity contribution in [1.82, 2.24) is 14.8 Å². The Morgan fingerprint density at radius 2 is 2.13 bits per heavy atom. The molecule has 1 aliphatic heterocycles. The summed E-state index contributed by atoms with van der Waals surface area (Å²) in [5, 5.41) is 5.19. The molecule has 0 spiro atoms. The Balaban J connectivity index is 1.73. The first-order chi connectivity index (χ1) is 11.1. The second-order valence-electron chi connectivity index (χ2n) is 6.64. The zero-order chi connectivity index (χ0) is 16.4. The maximum absolute atomic E-state index is 12.6. The number of carbonyl (C=O) groups is 1. The smallest absolute Gasteiger partial charge is 0.268 e. The van der Waals surface area contributed by atoms with Gasteiger partial charge in [-0.1, -0.05) is 13.8 Å². The Morgan fingerprint density at radius 1 is 1.39 bits per heavy atom. The summed E-state index contributed by atoms with van der Waals surface area (Å²) in [6.07, 6.45) is 2.57. The molecule has 126 valence electrons. The largest absolute Gasteiger partial charge is 0.349 e. The molecule has 0 aliphatic carbocycles. The average Bonchev–Trinajstić information content (AvgIpc) is 3.19. The quantitative estimate of drug-likeness (QED) is 0.800. The first-order valence-electron chi connectivity index (χ1n) is 8.33. The number of nitrogens with zero attached hydrogens (tertiary/aromatic N) is 2. The van der Waals surface area contributed by atoms with E-state index in [0.717, 1.165) is 35.3 Å². The van der Waals surface area contributed by atoms with Gasteiger partial charge in [-0.2, -0.15) is 0 Å². The molecule has 1 saturated heterocycles. The third-order valence-corrected chi connectivity index (χ3v) is 6.10. The summed E-state index contributed by atoms with van der Waals surface area (Å²) < 4.78 is 4.41. The van der Waals surface area contributed by atoms with E-state index in [2.05, 4.69) is 49.9 Å². The summed E-state index contributed by atoms with van der Waals surface area (Å²) in [6, 6.07) is 2.03. The van der Waals surface area contributed by atoms with Crippen LogP contribution in [0.3, 0.4) is 0 Å². The van der Waals surface area contributed by atoms with Gasteiger partial charge in [0.15, 0.2) is 0 Å². The summed E-state index contributed by atoms with van der Waals surface area (Å²) >= 11 is 5.30. The van der Waals surface area contributed by atoms with Gasteiger partial charge < -0.3 is 14.8 Å². The molecule has 2 aromatic rings. The minimum Gasteiger partial charge on any atom is -0.349 e. The van der Waals surface area contributed by atoms with E-state index in [1.807, 2.05) is 6.07 Å². The number of amides is 1. The zero-order valence-electron chi connectivity index (χ0n) is 13.8. The van der Waals surface area contributed by atoms with Crippen molar-refractivity contribution in [2.24, 2.45) is 5.92 Å². The molecule has 3 heterocycles. The van der Waals surface area contributed by atoms with E-state index in [9.17, 15) is 4.79 Å². The second-order valence-corrected chi connectivity index (χ2v) is 8.40. The first-order valence-corrected chi connectivity index (χ1v) is 10.0. The van der Waals surface area contributed by atoms with Crippen LogP contribution in [0.2, 0.25) is 0 Å². The predicted molar refractivity (Wildman–Crippen MR) is 100 cm³/mol. The van der Waals surface area contributed by atoms with Crippen LogP contribution in [-0.4, -0.2) is 41.6 Å². The number of fused-ring (bicyclic) bond motifs is 1. The van der Waals surface area contributed by atoms with Crippen molar-refractivity contribution in [2.45, 2.75) is 33.2 Å². The Kier molecular flexibility index (Phi) is 5.44. The third-order valence-electron chi connectivity index (χ3n) is 4.27. The number of likely N-dealkylation sites (tertiary alicyclic amines) is 1. The molecule has 0 radical (unpaired) electrons. The van der Waals surface area contributed by atoms with Gasteiger partial charge in [-0.05, 0) is 53.8 Å². The predicted octanol–water partition coefficient (Wildman–Crippen LogP) is 3.95. The molecule has 0 atom stereocenters. The summed E-state index contributed by atoms with van der Waals surface area (Å²) in [5.41, 5.74) is 1.93. The number of rotatable bonds is 6. The number of nitrogens with one attached hydrogen (secondary N) is 1. The normalized spacial score (nSPS) is 15.8. The van der Waals surface area contributed by atoms with Crippen LogP contribution in [0.25, 0.3) is 10.2 Å². The molecule has 0 saturated carbocycles. The van der Waals surface area contributed by atoms with Crippen molar-refractivity contribution in [3.63, 3.8) is 0 Å². The molecule has 1 aliphatic rings. The molecular weight excluding hydrogens is 374 g/mol. The van der Waals surface area contributed by atoms with Crippen molar-refractivity contribution in [1.29, 1.82) is 0 Å². The molecular formula is C17H24BrN3OS. The summed E-state index contributed by atoms with van der Waals surface area (Å²) in [6.45, 7) is 9.23. The van der Waals surface area contributed by atoms with E-state index < -0.39 is 0 Å². The molecule has 1 N–H and O–H groups in total. The van der Waals surface area contributed by atoms with E-state index in [0.29, 0.717) is 5.92 Å². The number of thiophene rings is 1. The van der Waals surface area contributed by atoms with Crippen LogP contribution in [0.5, 0.6) is 0 Å². The van der Waals surface area contributed by atoms with Gasteiger partial charge in [-0.3, -0.25) is 4.79 Å². The minimum absolute atomic E-state index is 0.0418.